The molecule has 166 valence electrons. The van der Waals surface area contributed by atoms with Crippen LogP contribution in [0.25, 0.3) is 0 Å². The van der Waals surface area contributed by atoms with Gasteiger partial charge in [-0.3, -0.25) is 9.52 Å². The lowest BCUT2D eigenvalue weighted by Gasteiger charge is -2.19. The number of para-hydroxylation sites is 1. The van der Waals surface area contributed by atoms with E-state index in [1.54, 1.807) is 26.0 Å². The Hall–Kier alpha value is -3.27. The summed E-state index contributed by atoms with van der Waals surface area (Å²) in [6.45, 7) is 5.72. The van der Waals surface area contributed by atoms with Crippen LogP contribution in [0.1, 0.15) is 31.1 Å². The first-order valence-corrected chi connectivity index (χ1v) is 11.2. The molecular formula is C21H24N2O7S. The maximum Gasteiger partial charge on any atom is 0.341 e. The summed E-state index contributed by atoms with van der Waals surface area (Å²) in [4.78, 5) is 24.6. The fraction of sp³-hybridized carbons (Fsp3) is 0.333. The molecule has 1 atom stereocenters. The van der Waals surface area contributed by atoms with Crippen molar-refractivity contribution >= 4 is 27.6 Å². The van der Waals surface area contributed by atoms with Gasteiger partial charge in [0.2, 0.25) is 0 Å². The molecule has 0 saturated heterocycles. The van der Waals surface area contributed by atoms with Gasteiger partial charge in [-0.05, 0) is 45.0 Å². The Morgan fingerprint density at radius 3 is 2.39 bits per heavy atom. The second-order valence-corrected chi connectivity index (χ2v) is 8.85. The maximum atomic E-state index is 12.9. The summed E-state index contributed by atoms with van der Waals surface area (Å²) in [5.74, 6) is -0.487. The number of carbonyl (C=O) groups is 2. The third kappa shape index (κ3) is 5.46. The van der Waals surface area contributed by atoms with E-state index >= 15 is 0 Å². The van der Waals surface area contributed by atoms with Crippen LogP contribution in [0, 0.1) is 0 Å². The molecule has 0 aliphatic carbocycles. The molecule has 0 fully saturated rings. The zero-order valence-electron chi connectivity index (χ0n) is 17.4. The smallest absolute Gasteiger partial charge is 0.341 e. The van der Waals surface area contributed by atoms with Crippen molar-refractivity contribution in [3.05, 3.63) is 48.0 Å². The maximum absolute atomic E-state index is 12.9. The zero-order valence-corrected chi connectivity index (χ0v) is 18.2. The molecule has 1 amide bonds. The molecule has 0 saturated carbocycles. The van der Waals surface area contributed by atoms with Crippen molar-refractivity contribution in [2.45, 2.75) is 37.8 Å². The Morgan fingerprint density at radius 2 is 1.68 bits per heavy atom. The zero-order chi connectivity index (χ0) is 22.6. The van der Waals surface area contributed by atoms with Gasteiger partial charge in [0, 0.05) is 12.1 Å². The predicted molar refractivity (Wildman–Crippen MR) is 113 cm³/mol. The van der Waals surface area contributed by atoms with Crippen LogP contribution in [0.3, 0.4) is 0 Å². The third-order valence-electron chi connectivity index (χ3n) is 4.30. The molecule has 9 nitrogen and oxygen atoms in total. The average Bonchev–Trinajstić information content (AvgIpc) is 2.72. The lowest BCUT2D eigenvalue weighted by atomic mass is 10.2. The Kier molecular flexibility index (Phi) is 6.69. The number of hydrogen-bond donors (Lipinski definition) is 2. The van der Waals surface area contributed by atoms with E-state index < -0.39 is 28.0 Å². The number of esters is 1. The molecule has 2 N–H and O–H groups in total. The number of ether oxygens (including phenoxy) is 3. The van der Waals surface area contributed by atoms with E-state index in [4.69, 9.17) is 14.2 Å². The molecule has 0 aromatic heterocycles. The fourth-order valence-corrected chi connectivity index (χ4v) is 3.92. The van der Waals surface area contributed by atoms with Crippen LogP contribution in [0.5, 0.6) is 11.5 Å². The van der Waals surface area contributed by atoms with Crippen LogP contribution in [0.4, 0.5) is 5.69 Å². The summed E-state index contributed by atoms with van der Waals surface area (Å²) in [5, 5.41) is 2.65. The Balaban J connectivity index is 1.80. The van der Waals surface area contributed by atoms with Gasteiger partial charge in [0.15, 0.2) is 17.6 Å². The van der Waals surface area contributed by atoms with Crippen LogP contribution in [0.15, 0.2) is 47.4 Å². The van der Waals surface area contributed by atoms with E-state index in [2.05, 4.69) is 10.0 Å². The summed E-state index contributed by atoms with van der Waals surface area (Å²) < 4.78 is 44.2. The standard InChI is InChI=1S/C21H24N2O7S/c1-13(2)22-20(24)14(3)30-21(25)16-6-4-5-7-17(16)23-31(26,27)15-8-9-18-19(12-15)29-11-10-28-18/h4-9,12-14,23H,10-11H2,1-3H3,(H,22,24). The minimum absolute atomic E-state index is 0.0205. The minimum Gasteiger partial charge on any atom is -0.486 e. The van der Waals surface area contributed by atoms with Crippen LogP contribution < -0.4 is 19.5 Å². The minimum atomic E-state index is -4.04. The van der Waals surface area contributed by atoms with E-state index in [-0.39, 0.29) is 22.2 Å². The van der Waals surface area contributed by atoms with E-state index in [1.807, 2.05) is 0 Å². The van der Waals surface area contributed by atoms with Gasteiger partial charge in [-0.2, -0.15) is 0 Å². The number of carbonyl (C=O) groups excluding carboxylic acids is 2. The molecule has 31 heavy (non-hydrogen) atoms. The molecule has 10 heteroatoms. The van der Waals surface area contributed by atoms with Gasteiger partial charge in [-0.1, -0.05) is 12.1 Å². The number of rotatable bonds is 7. The van der Waals surface area contributed by atoms with Gasteiger partial charge in [-0.15, -0.1) is 0 Å². The van der Waals surface area contributed by atoms with E-state index in [1.165, 1.54) is 37.3 Å². The Labute approximate surface area is 180 Å². The van der Waals surface area contributed by atoms with Crippen LogP contribution in [0.2, 0.25) is 0 Å². The number of fused-ring (bicyclic) bond motifs is 1. The fourth-order valence-electron chi connectivity index (χ4n) is 2.82. The van der Waals surface area contributed by atoms with E-state index in [0.717, 1.165) is 0 Å². The lowest BCUT2D eigenvalue weighted by molar-refractivity contribution is -0.129. The van der Waals surface area contributed by atoms with Crippen molar-refractivity contribution in [2.24, 2.45) is 0 Å². The lowest BCUT2D eigenvalue weighted by Crippen LogP contribution is -2.39. The Morgan fingerprint density at radius 1 is 1.00 bits per heavy atom. The predicted octanol–water partition coefficient (Wildman–Crippen LogP) is 2.33. The van der Waals surface area contributed by atoms with E-state index in [9.17, 15) is 18.0 Å². The molecule has 0 radical (unpaired) electrons. The van der Waals surface area contributed by atoms with Crippen molar-refractivity contribution in [2.75, 3.05) is 17.9 Å². The highest BCUT2D eigenvalue weighted by Gasteiger charge is 2.24. The molecule has 3 rings (SSSR count). The molecule has 2 aromatic rings. The molecule has 0 spiro atoms. The highest BCUT2D eigenvalue weighted by Crippen LogP contribution is 2.33. The Bertz CT molecular complexity index is 1080. The van der Waals surface area contributed by atoms with Gasteiger partial charge in [0.25, 0.3) is 15.9 Å². The van der Waals surface area contributed by atoms with Crippen molar-refractivity contribution in [1.82, 2.24) is 5.32 Å². The van der Waals surface area contributed by atoms with Gasteiger partial charge < -0.3 is 19.5 Å². The average molecular weight is 448 g/mol. The van der Waals surface area contributed by atoms with Crippen molar-refractivity contribution in [3.8, 4) is 11.5 Å². The molecule has 2 aromatic carbocycles. The summed E-state index contributed by atoms with van der Waals surface area (Å²) >= 11 is 0. The highest BCUT2D eigenvalue weighted by atomic mass is 32.2. The number of amides is 1. The number of sulfonamides is 1. The number of benzene rings is 2. The summed E-state index contributed by atoms with van der Waals surface area (Å²) in [5.41, 5.74) is 0.00618. The van der Waals surface area contributed by atoms with Gasteiger partial charge >= 0.3 is 5.97 Å². The van der Waals surface area contributed by atoms with Gasteiger partial charge in [-0.25, -0.2) is 13.2 Å². The molecule has 1 aliphatic heterocycles. The number of hydrogen-bond acceptors (Lipinski definition) is 7. The third-order valence-corrected chi connectivity index (χ3v) is 5.66. The molecular weight excluding hydrogens is 424 g/mol. The van der Waals surface area contributed by atoms with Crippen LogP contribution in [-0.4, -0.2) is 45.7 Å². The summed E-state index contributed by atoms with van der Waals surface area (Å²) in [6.07, 6.45) is -1.04. The first-order valence-electron chi connectivity index (χ1n) is 9.70. The molecule has 0 bridgehead atoms. The second kappa shape index (κ2) is 9.25. The summed E-state index contributed by atoms with van der Waals surface area (Å²) in [7, 11) is -4.04. The van der Waals surface area contributed by atoms with Crippen molar-refractivity contribution in [1.29, 1.82) is 0 Å². The number of anilines is 1. The largest absolute Gasteiger partial charge is 0.486 e. The quantitative estimate of drug-likeness (QED) is 0.624. The van der Waals surface area contributed by atoms with Crippen LogP contribution in [-0.2, 0) is 19.6 Å². The van der Waals surface area contributed by atoms with Gasteiger partial charge in [0.1, 0.15) is 13.2 Å². The topological polar surface area (TPSA) is 120 Å². The number of nitrogens with one attached hydrogen (secondary N) is 2. The second-order valence-electron chi connectivity index (χ2n) is 7.17. The monoisotopic (exact) mass is 448 g/mol. The first-order chi connectivity index (χ1) is 14.7. The van der Waals surface area contributed by atoms with Gasteiger partial charge in [0.05, 0.1) is 16.1 Å². The van der Waals surface area contributed by atoms with Crippen molar-refractivity contribution < 1.29 is 32.2 Å². The van der Waals surface area contributed by atoms with Crippen molar-refractivity contribution in [3.63, 3.8) is 0 Å². The SMILES string of the molecule is CC(C)NC(=O)C(C)OC(=O)c1ccccc1NS(=O)(=O)c1ccc2c(c1)OCCO2. The normalized spacial score (nSPS) is 13.9. The molecule has 1 aliphatic rings. The molecule has 1 unspecified atom stereocenters. The van der Waals surface area contributed by atoms with E-state index in [0.29, 0.717) is 24.7 Å². The highest BCUT2D eigenvalue weighted by molar-refractivity contribution is 7.92. The molecule has 1 heterocycles. The summed E-state index contributed by atoms with van der Waals surface area (Å²) in [6, 6.07) is 10.1. The van der Waals surface area contributed by atoms with Crippen LogP contribution >= 0.6 is 0 Å². The first kappa shape index (κ1) is 22.4.